The quantitative estimate of drug-likeness (QED) is 0.124. The summed E-state index contributed by atoms with van der Waals surface area (Å²) in [6.07, 6.45) is 3.97. The van der Waals surface area contributed by atoms with Gasteiger partial charge in [0.1, 0.15) is 29.3 Å². The van der Waals surface area contributed by atoms with Crippen LogP contribution in [0.15, 0.2) is 140 Å². The molecule has 0 unspecified atom stereocenters. The molecule has 1 N–H and O–H groups in total. The van der Waals surface area contributed by atoms with Crippen LogP contribution >= 0.6 is 0 Å². The van der Waals surface area contributed by atoms with Crippen molar-refractivity contribution >= 4 is 40.9 Å². The molecule has 2 aromatic heterocycles. The number of anilines is 6. The lowest BCUT2D eigenvalue weighted by molar-refractivity contribution is -0.106. The summed E-state index contributed by atoms with van der Waals surface area (Å²) in [7, 11) is 3.75. The van der Waals surface area contributed by atoms with E-state index in [4.69, 9.17) is 19.7 Å². The molecule has 0 aliphatic heterocycles. The largest absolute Gasteiger partial charge is 0.456 e. The van der Waals surface area contributed by atoms with E-state index >= 15 is 0 Å². The molecule has 0 aliphatic carbocycles. The number of aromatic nitrogens is 3. The lowest BCUT2D eigenvalue weighted by Crippen LogP contribution is -2.28. The Kier molecular flexibility index (Phi) is 11.9. The highest BCUT2D eigenvalue weighted by atomic mass is 16.5. The maximum absolute atomic E-state index is 12.9. The van der Waals surface area contributed by atoms with E-state index in [9.17, 15) is 4.79 Å². The summed E-state index contributed by atoms with van der Waals surface area (Å²) >= 11 is 0. The van der Waals surface area contributed by atoms with Crippen LogP contribution in [-0.4, -0.2) is 35.5 Å². The lowest BCUT2D eigenvalue weighted by Gasteiger charge is -2.32. The number of benzene rings is 4. The lowest BCUT2D eigenvalue weighted by atomic mass is 10.1. The van der Waals surface area contributed by atoms with Gasteiger partial charge in [-0.15, -0.1) is 0 Å². The number of para-hydroxylation sites is 1. The molecular formula is C40H41N7O2. The number of carbonyl (C=O) groups is 1. The van der Waals surface area contributed by atoms with Gasteiger partial charge in [0.15, 0.2) is 11.6 Å². The number of carbonyl (C=O) groups excluding carboxylic acids is 1. The number of nitrogens with zero attached hydrogens (tertiary/aromatic N) is 6. The van der Waals surface area contributed by atoms with Crippen molar-refractivity contribution in [3.8, 4) is 11.5 Å². The molecule has 2 heterocycles. The first-order chi connectivity index (χ1) is 24.1. The summed E-state index contributed by atoms with van der Waals surface area (Å²) in [6.45, 7) is 5.14. The van der Waals surface area contributed by atoms with Crippen LogP contribution in [0.25, 0.3) is 0 Å². The summed E-state index contributed by atoms with van der Waals surface area (Å²) in [4.78, 5) is 32.8. The molecule has 0 saturated carbocycles. The van der Waals surface area contributed by atoms with Gasteiger partial charge in [-0.1, -0.05) is 98.8 Å². The van der Waals surface area contributed by atoms with Crippen molar-refractivity contribution in [1.29, 1.82) is 0 Å². The number of ether oxygens (including phenoxy) is 1. The fourth-order valence-corrected chi connectivity index (χ4v) is 5.30. The minimum atomic E-state index is 0.415. The van der Waals surface area contributed by atoms with Crippen LogP contribution in [0.3, 0.4) is 0 Å². The molecule has 6 rings (SSSR count). The van der Waals surface area contributed by atoms with Crippen LogP contribution in [0.5, 0.6) is 11.5 Å². The van der Waals surface area contributed by atoms with Crippen molar-refractivity contribution in [2.75, 3.05) is 34.1 Å². The van der Waals surface area contributed by atoms with E-state index in [2.05, 4.69) is 34.5 Å². The molecule has 248 valence electrons. The van der Waals surface area contributed by atoms with Gasteiger partial charge in [0.05, 0.1) is 11.9 Å². The topological polar surface area (TPSA) is 86.7 Å². The number of hydrogen-bond acceptors (Lipinski definition) is 8. The van der Waals surface area contributed by atoms with Gasteiger partial charge in [-0.2, -0.15) is 0 Å². The number of amides is 1. The number of nitrogens with one attached hydrogen (secondary N) is 1. The molecule has 9 heteroatoms. The first kappa shape index (κ1) is 34.1. The number of pyridine rings is 1. The molecule has 0 saturated heterocycles. The Labute approximate surface area is 288 Å². The first-order valence-corrected chi connectivity index (χ1v) is 16.3. The molecular weight excluding hydrogens is 610 g/mol. The molecule has 6 aromatic rings. The minimum Gasteiger partial charge on any atom is -0.456 e. The van der Waals surface area contributed by atoms with Crippen LogP contribution in [0.4, 0.5) is 34.5 Å². The van der Waals surface area contributed by atoms with Gasteiger partial charge < -0.3 is 19.9 Å². The van der Waals surface area contributed by atoms with Crippen molar-refractivity contribution in [3.05, 3.63) is 151 Å². The van der Waals surface area contributed by atoms with Gasteiger partial charge in [-0.05, 0) is 53.6 Å². The van der Waals surface area contributed by atoms with Crippen LogP contribution in [-0.2, 0) is 17.9 Å². The summed E-state index contributed by atoms with van der Waals surface area (Å²) in [5.74, 6) is 3.01. The third-order valence-corrected chi connectivity index (χ3v) is 7.64. The average Bonchev–Trinajstić information content (AvgIpc) is 3.17. The van der Waals surface area contributed by atoms with Crippen LogP contribution in [0, 0.1) is 0 Å². The highest BCUT2D eigenvalue weighted by Gasteiger charge is 2.27. The summed E-state index contributed by atoms with van der Waals surface area (Å²) in [6, 6.07) is 41.4. The Morgan fingerprint density at radius 3 is 1.88 bits per heavy atom. The predicted molar refractivity (Wildman–Crippen MR) is 199 cm³/mol. The first-order valence-electron chi connectivity index (χ1n) is 16.3. The monoisotopic (exact) mass is 651 g/mol. The van der Waals surface area contributed by atoms with E-state index in [1.807, 2.05) is 136 Å². The Morgan fingerprint density at radius 2 is 1.31 bits per heavy atom. The highest BCUT2D eigenvalue weighted by Crippen LogP contribution is 2.41. The minimum absolute atomic E-state index is 0.415. The zero-order valence-corrected chi connectivity index (χ0v) is 28.3. The van der Waals surface area contributed by atoms with E-state index in [0.29, 0.717) is 47.7 Å². The van der Waals surface area contributed by atoms with Crippen LogP contribution < -0.4 is 24.8 Å². The standard InChI is InChI=1S/C38H35N7O2.C2H6/c1-39-31-17-12-18-32(23-31)45(28-46)38-36(43(2)35-22-21-34(24-40-35)47-33-19-10-5-11-20-33)37(41-27-42-38)44(25-29-13-6-3-7-14-29)26-30-15-8-4-9-16-30;1-2/h3-24,27-28,39H,25-26H2,1-2H3;1-2H3. The molecule has 0 bridgehead atoms. The maximum Gasteiger partial charge on any atom is 0.219 e. The third kappa shape index (κ3) is 8.58. The van der Waals surface area contributed by atoms with E-state index in [1.165, 1.54) is 11.2 Å². The Hall–Kier alpha value is -6.22. The van der Waals surface area contributed by atoms with Crippen molar-refractivity contribution < 1.29 is 9.53 Å². The van der Waals surface area contributed by atoms with Crippen molar-refractivity contribution in [3.63, 3.8) is 0 Å². The van der Waals surface area contributed by atoms with Crippen LogP contribution in [0.2, 0.25) is 0 Å². The normalized spacial score (nSPS) is 10.3. The zero-order chi connectivity index (χ0) is 34.4. The molecule has 0 aliphatic rings. The molecule has 0 spiro atoms. The van der Waals surface area contributed by atoms with Gasteiger partial charge in [0, 0.05) is 32.9 Å². The van der Waals surface area contributed by atoms with E-state index in [0.717, 1.165) is 29.0 Å². The second kappa shape index (κ2) is 17.1. The Bertz CT molecular complexity index is 1850. The Balaban J connectivity index is 0.00000230. The fraction of sp³-hybridized carbons (Fsp3) is 0.150. The SMILES string of the molecule is CC.CNc1cccc(N(C=O)c2ncnc(N(Cc3ccccc3)Cc3ccccc3)c2N(C)c2ccc(Oc3ccccc3)cn2)c1. The van der Waals surface area contributed by atoms with Gasteiger partial charge in [-0.25, -0.2) is 15.0 Å². The second-order valence-electron chi connectivity index (χ2n) is 10.8. The molecule has 49 heavy (non-hydrogen) atoms. The molecule has 0 atom stereocenters. The summed E-state index contributed by atoms with van der Waals surface area (Å²) in [5, 5.41) is 3.15. The van der Waals surface area contributed by atoms with Gasteiger partial charge in [0.2, 0.25) is 6.41 Å². The van der Waals surface area contributed by atoms with Crippen molar-refractivity contribution in [2.45, 2.75) is 26.9 Å². The molecule has 9 nitrogen and oxygen atoms in total. The van der Waals surface area contributed by atoms with E-state index in [1.54, 1.807) is 6.20 Å². The summed E-state index contributed by atoms with van der Waals surface area (Å²) < 4.78 is 6.00. The fourth-order valence-electron chi connectivity index (χ4n) is 5.30. The molecule has 1 amide bonds. The Morgan fingerprint density at radius 1 is 0.694 bits per heavy atom. The summed E-state index contributed by atoms with van der Waals surface area (Å²) in [5.41, 5.74) is 4.37. The zero-order valence-electron chi connectivity index (χ0n) is 28.3. The van der Waals surface area contributed by atoms with Crippen molar-refractivity contribution in [1.82, 2.24) is 15.0 Å². The molecule has 0 radical (unpaired) electrons. The van der Waals surface area contributed by atoms with Gasteiger partial charge >= 0.3 is 0 Å². The third-order valence-electron chi connectivity index (χ3n) is 7.64. The second-order valence-corrected chi connectivity index (χ2v) is 10.8. The number of hydrogen-bond donors (Lipinski definition) is 1. The van der Waals surface area contributed by atoms with Crippen molar-refractivity contribution in [2.24, 2.45) is 0 Å². The van der Waals surface area contributed by atoms with E-state index < -0.39 is 0 Å². The predicted octanol–water partition coefficient (Wildman–Crippen LogP) is 9.00. The van der Waals surface area contributed by atoms with Gasteiger partial charge in [0.25, 0.3) is 0 Å². The van der Waals surface area contributed by atoms with Gasteiger partial charge in [-0.3, -0.25) is 9.69 Å². The maximum atomic E-state index is 12.9. The van der Waals surface area contributed by atoms with E-state index in [-0.39, 0.29) is 0 Å². The smallest absolute Gasteiger partial charge is 0.219 e. The highest BCUT2D eigenvalue weighted by molar-refractivity contribution is 5.95. The van der Waals surface area contributed by atoms with Crippen LogP contribution in [0.1, 0.15) is 25.0 Å². The number of rotatable bonds is 13. The molecule has 4 aromatic carbocycles. The average molecular weight is 652 g/mol. The molecule has 0 fully saturated rings.